The van der Waals surface area contributed by atoms with Crippen LogP contribution >= 0.6 is 0 Å². The maximum absolute atomic E-state index is 10.9. The highest BCUT2D eigenvalue weighted by Gasteiger charge is 2.14. The molecule has 1 N–H and O–H groups in total. The van der Waals surface area contributed by atoms with Gasteiger partial charge in [-0.3, -0.25) is 4.79 Å². The molecule has 0 aliphatic heterocycles. The van der Waals surface area contributed by atoms with Crippen molar-refractivity contribution in [3.8, 4) is 0 Å². The first-order valence-corrected chi connectivity index (χ1v) is 4.13. The Kier molecular flexibility index (Phi) is 2.77. The van der Waals surface area contributed by atoms with E-state index < -0.39 is 6.10 Å². The maximum atomic E-state index is 10.9. The van der Waals surface area contributed by atoms with Gasteiger partial charge in [0, 0.05) is 6.92 Å². The van der Waals surface area contributed by atoms with Crippen molar-refractivity contribution in [1.82, 2.24) is 15.0 Å². The lowest BCUT2D eigenvalue weighted by Gasteiger charge is -2.13. The van der Waals surface area contributed by atoms with E-state index in [4.69, 9.17) is 0 Å². The molecule has 0 bridgehead atoms. The number of carbonyl (C=O) groups excluding carboxylic acids is 1. The van der Waals surface area contributed by atoms with Crippen molar-refractivity contribution < 1.29 is 9.90 Å². The van der Waals surface area contributed by atoms with E-state index in [0.29, 0.717) is 5.69 Å². The van der Waals surface area contributed by atoms with Gasteiger partial charge in [0.05, 0.1) is 18.3 Å². The molecule has 0 fully saturated rings. The average molecular weight is 183 g/mol. The summed E-state index contributed by atoms with van der Waals surface area (Å²) in [5, 5.41) is 16.7. The van der Waals surface area contributed by atoms with E-state index >= 15 is 0 Å². The van der Waals surface area contributed by atoms with Crippen LogP contribution in [0.5, 0.6) is 0 Å². The fraction of sp³-hybridized carbons (Fsp3) is 0.625. The molecule has 0 aliphatic carbocycles. The molecule has 72 valence electrons. The molecule has 13 heavy (non-hydrogen) atoms. The molecule has 0 aliphatic rings. The van der Waals surface area contributed by atoms with Gasteiger partial charge < -0.3 is 5.11 Å². The van der Waals surface area contributed by atoms with Crippen LogP contribution in [0.4, 0.5) is 0 Å². The summed E-state index contributed by atoms with van der Waals surface area (Å²) < 4.78 is 1.49. The second-order valence-corrected chi connectivity index (χ2v) is 3.12. The smallest absolute Gasteiger partial charge is 0.181 e. The van der Waals surface area contributed by atoms with Gasteiger partial charge in [-0.2, -0.15) is 0 Å². The molecular formula is C8H13N3O2. The van der Waals surface area contributed by atoms with Crippen LogP contribution in [-0.4, -0.2) is 32.0 Å². The van der Waals surface area contributed by atoms with Crippen molar-refractivity contribution in [2.45, 2.75) is 32.9 Å². The average Bonchev–Trinajstić information content (AvgIpc) is 2.50. The van der Waals surface area contributed by atoms with Crippen LogP contribution < -0.4 is 0 Å². The van der Waals surface area contributed by atoms with Crippen LogP contribution in [0.15, 0.2) is 6.20 Å². The SMILES string of the molecule is CC(=O)c1cn(C(C)C(C)O)nn1. The Morgan fingerprint density at radius 2 is 2.23 bits per heavy atom. The number of nitrogens with zero attached hydrogens (tertiary/aromatic N) is 3. The van der Waals surface area contributed by atoms with Gasteiger partial charge in [0.2, 0.25) is 0 Å². The van der Waals surface area contributed by atoms with Crippen LogP contribution in [0.3, 0.4) is 0 Å². The number of hydrogen-bond donors (Lipinski definition) is 1. The first-order chi connectivity index (χ1) is 6.02. The van der Waals surface area contributed by atoms with E-state index in [1.54, 1.807) is 13.1 Å². The number of aliphatic hydroxyl groups excluding tert-OH is 1. The van der Waals surface area contributed by atoms with Crippen molar-refractivity contribution >= 4 is 5.78 Å². The molecule has 2 atom stereocenters. The Bertz CT molecular complexity index is 306. The summed E-state index contributed by atoms with van der Waals surface area (Å²) in [6, 6.07) is -0.166. The van der Waals surface area contributed by atoms with Gasteiger partial charge in [0.25, 0.3) is 0 Å². The lowest BCUT2D eigenvalue weighted by Crippen LogP contribution is -2.18. The van der Waals surface area contributed by atoms with Gasteiger partial charge in [-0.25, -0.2) is 4.68 Å². The second kappa shape index (κ2) is 3.66. The highest BCUT2D eigenvalue weighted by molar-refractivity contribution is 5.91. The van der Waals surface area contributed by atoms with Crippen LogP contribution in [0.2, 0.25) is 0 Å². The van der Waals surface area contributed by atoms with Crippen molar-refractivity contribution in [3.63, 3.8) is 0 Å². The normalized spacial score (nSPS) is 15.4. The first-order valence-electron chi connectivity index (χ1n) is 4.13. The zero-order valence-corrected chi connectivity index (χ0v) is 7.93. The molecule has 2 unspecified atom stereocenters. The topological polar surface area (TPSA) is 68.0 Å². The van der Waals surface area contributed by atoms with Crippen LogP contribution in [0.1, 0.15) is 37.3 Å². The van der Waals surface area contributed by atoms with E-state index in [1.165, 1.54) is 11.6 Å². The van der Waals surface area contributed by atoms with E-state index in [2.05, 4.69) is 10.3 Å². The number of aromatic nitrogens is 3. The molecule has 0 saturated heterocycles. The quantitative estimate of drug-likeness (QED) is 0.690. The zero-order chi connectivity index (χ0) is 10.0. The molecule has 1 aromatic heterocycles. The lowest BCUT2D eigenvalue weighted by atomic mass is 10.2. The third-order valence-electron chi connectivity index (χ3n) is 1.99. The standard InChI is InChI=1S/C8H13N3O2/c1-5(6(2)12)11-4-8(7(3)13)9-10-11/h4-6,12H,1-3H3. The molecule has 0 amide bonds. The highest BCUT2D eigenvalue weighted by atomic mass is 16.3. The summed E-state index contributed by atoms with van der Waals surface area (Å²) in [6.45, 7) is 4.91. The van der Waals surface area contributed by atoms with Gasteiger partial charge in [0.15, 0.2) is 5.78 Å². The molecule has 0 aromatic carbocycles. The summed E-state index contributed by atoms with van der Waals surface area (Å²) in [6.07, 6.45) is 1.03. The summed E-state index contributed by atoms with van der Waals surface area (Å²) in [7, 11) is 0. The third kappa shape index (κ3) is 2.12. The minimum atomic E-state index is -0.512. The first kappa shape index (κ1) is 9.85. The van der Waals surface area contributed by atoms with Crippen molar-refractivity contribution in [2.75, 3.05) is 0 Å². The molecule has 0 radical (unpaired) electrons. The summed E-state index contributed by atoms with van der Waals surface area (Å²) in [5.41, 5.74) is 0.326. The summed E-state index contributed by atoms with van der Waals surface area (Å²) in [4.78, 5) is 10.9. The van der Waals surface area contributed by atoms with Gasteiger partial charge in [-0.05, 0) is 13.8 Å². The minimum absolute atomic E-state index is 0.121. The lowest BCUT2D eigenvalue weighted by molar-refractivity contribution is 0.101. The fourth-order valence-electron chi connectivity index (χ4n) is 0.858. The Hall–Kier alpha value is -1.23. The molecule has 0 saturated carbocycles. The minimum Gasteiger partial charge on any atom is -0.391 e. The van der Waals surface area contributed by atoms with E-state index in [1.807, 2.05) is 6.92 Å². The molecule has 1 aromatic rings. The predicted molar refractivity (Wildman–Crippen MR) is 46.4 cm³/mol. The van der Waals surface area contributed by atoms with Gasteiger partial charge in [0.1, 0.15) is 5.69 Å². The predicted octanol–water partition coefficient (Wildman–Crippen LogP) is 0.422. The number of hydrogen-bond acceptors (Lipinski definition) is 4. The van der Waals surface area contributed by atoms with E-state index in [9.17, 15) is 9.90 Å². The molecule has 5 heteroatoms. The van der Waals surface area contributed by atoms with Gasteiger partial charge in [-0.15, -0.1) is 5.10 Å². The van der Waals surface area contributed by atoms with Crippen molar-refractivity contribution in [3.05, 3.63) is 11.9 Å². The monoisotopic (exact) mass is 183 g/mol. The Morgan fingerprint density at radius 3 is 2.62 bits per heavy atom. The van der Waals surface area contributed by atoms with E-state index in [-0.39, 0.29) is 11.8 Å². The Morgan fingerprint density at radius 1 is 1.62 bits per heavy atom. The molecule has 0 spiro atoms. The van der Waals surface area contributed by atoms with Crippen LogP contribution in [-0.2, 0) is 0 Å². The van der Waals surface area contributed by atoms with Crippen molar-refractivity contribution in [2.24, 2.45) is 0 Å². The second-order valence-electron chi connectivity index (χ2n) is 3.12. The fourth-order valence-corrected chi connectivity index (χ4v) is 0.858. The zero-order valence-electron chi connectivity index (χ0n) is 7.93. The largest absolute Gasteiger partial charge is 0.391 e. The molecule has 1 rings (SSSR count). The summed E-state index contributed by atoms with van der Waals surface area (Å²) >= 11 is 0. The summed E-state index contributed by atoms with van der Waals surface area (Å²) in [5.74, 6) is -0.121. The number of carbonyl (C=O) groups is 1. The molecular weight excluding hydrogens is 170 g/mol. The number of aliphatic hydroxyl groups is 1. The van der Waals surface area contributed by atoms with Crippen LogP contribution in [0, 0.1) is 0 Å². The third-order valence-corrected chi connectivity index (χ3v) is 1.99. The Balaban J connectivity index is 2.85. The number of Topliss-reactive ketones (excluding diaryl/α,β-unsaturated/α-hetero) is 1. The Labute approximate surface area is 76.4 Å². The number of rotatable bonds is 3. The van der Waals surface area contributed by atoms with Gasteiger partial charge >= 0.3 is 0 Å². The number of ketones is 1. The highest BCUT2D eigenvalue weighted by Crippen LogP contribution is 2.09. The maximum Gasteiger partial charge on any atom is 0.181 e. The van der Waals surface area contributed by atoms with Crippen LogP contribution in [0.25, 0.3) is 0 Å². The van der Waals surface area contributed by atoms with Gasteiger partial charge in [-0.1, -0.05) is 5.21 Å². The van der Waals surface area contributed by atoms with Crippen molar-refractivity contribution in [1.29, 1.82) is 0 Å². The molecule has 1 heterocycles. The van der Waals surface area contributed by atoms with E-state index in [0.717, 1.165) is 0 Å². The molecule has 5 nitrogen and oxygen atoms in total.